The number of carbonyl (C=O) groups excluding carboxylic acids is 3. The molecule has 6 nitrogen and oxygen atoms in total. The van der Waals surface area contributed by atoms with Gasteiger partial charge < -0.3 is 9.47 Å². The predicted octanol–water partition coefficient (Wildman–Crippen LogP) is 2.50. The zero-order valence-corrected chi connectivity index (χ0v) is 13.9. The number of hydrogen-bond donors (Lipinski definition) is 0. The molecule has 0 unspecified atom stereocenters. The van der Waals surface area contributed by atoms with E-state index >= 15 is 0 Å². The van der Waals surface area contributed by atoms with Crippen molar-refractivity contribution in [3.63, 3.8) is 0 Å². The minimum atomic E-state index is -0.915. The van der Waals surface area contributed by atoms with E-state index in [1.807, 2.05) is 0 Å². The molecule has 120 valence electrons. The van der Waals surface area contributed by atoms with Gasteiger partial charge >= 0.3 is 12.1 Å². The van der Waals surface area contributed by atoms with Gasteiger partial charge in [0.05, 0.1) is 0 Å². The first-order valence-corrected chi connectivity index (χ1v) is 7.11. The maximum Gasteiger partial charge on any atom is 0.417 e. The monoisotopic (exact) mass is 299 g/mol. The second kappa shape index (κ2) is 5.66. The maximum atomic E-state index is 12.2. The van der Waals surface area contributed by atoms with E-state index in [0.717, 1.165) is 4.90 Å². The summed E-state index contributed by atoms with van der Waals surface area (Å²) in [6, 6.07) is -0.915. The van der Waals surface area contributed by atoms with Crippen LogP contribution < -0.4 is 0 Å². The third-order valence-electron chi connectivity index (χ3n) is 2.82. The Balaban J connectivity index is 2.94. The highest BCUT2D eigenvalue weighted by Crippen LogP contribution is 2.28. The van der Waals surface area contributed by atoms with Gasteiger partial charge in [-0.25, -0.2) is 14.5 Å². The van der Waals surface area contributed by atoms with Crippen LogP contribution in [0.4, 0.5) is 4.79 Å². The summed E-state index contributed by atoms with van der Waals surface area (Å²) < 4.78 is 10.5. The van der Waals surface area contributed by atoms with Crippen molar-refractivity contribution in [2.24, 2.45) is 5.92 Å². The van der Waals surface area contributed by atoms with Gasteiger partial charge in [0.2, 0.25) is 5.91 Å². The number of likely N-dealkylation sites (tertiary alicyclic amines) is 1. The van der Waals surface area contributed by atoms with E-state index in [2.05, 4.69) is 0 Å². The zero-order chi connectivity index (χ0) is 16.6. The average molecular weight is 299 g/mol. The van der Waals surface area contributed by atoms with Crippen LogP contribution in [0.15, 0.2) is 0 Å². The first kappa shape index (κ1) is 17.5. The normalized spacial score (nSPS) is 23.2. The third kappa shape index (κ3) is 4.72. The summed E-state index contributed by atoms with van der Waals surface area (Å²) in [6.45, 7) is 12.0. The van der Waals surface area contributed by atoms with E-state index in [0.29, 0.717) is 0 Å². The van der Waals surface area contributed by atoms with Gasteiger partial charge in [0.15, 0.2) is 0 Å². The molecular formula is C15H25NO5. The number of nitrogens with zero attached hydrogens (tertiary/aromatic N) is 1. The van der Waals surface area contributed by atoms with Crippen molar-refractivity contribution in [1.29, 1.82) is 0 Å². The first-order valence-electron chi connectivity index (χ1n) is 7.11. The van der Waals surface area contributed by atoms with Crippen LogP contribution in [0.3, 0.4) is 0 Å². The zero-order valence-electron chi connectivity index (χ0n) is 13.9. The molecule has 0 bridgehead atoms. The topological polar surface area (TPSA) is 72.9 Å². The Morgan fingerprint density at radius 3 is 1.95 bits per heavy atom. The first-order chi connectivity index (χ1) is 9.32. The lowest BCUT2D eigenvalue weighted by atomic mass is 10.1. The van der Waals surface area contributed by atoms with Gasteiger partial charge in [-0.05, 0) is 48.0 Å². The molecule has 0 aromatic rings. The SMILES string of the molecule is C[C@H]1C[C@H](C(=O)OC(C)(C)C)N(C(=O)OC(C)(C)C)C1=O. The quantitative estimate of drug-likeness (QED) is 0.696. The third-order valence-corrected chi connectivity index (χ3v) is 2.82. The lowest BCUT2D eigenvalue weighted by Gasteiger charge is -2.28. The summed E-state index contributed by atoms with van der Waals surface area (Å²) >= 11 is 0. The van der Waals surface area contributed by atoms with Gasteiger partial charge in [0.25, 0.3) is 0 Å². The van der Waals surface area contributed by atoms with Crippen molar-refractivity contribution >= 4 is 18.0 Å². The van der Waals surface area contributed by atoms with E-state index in [4.69, 9.17) is 9.47 Å². The standard InChI is InChI=1S/C15H25NO5/c1-9-8-10(12(18)20-14(2,3)4)16(11(9)17)13(19)21-15(5,6)7/h9-10H,8H2,1-7H3/t9-,10+/m0/s1. The molecule has 1 fully saturated rings. The lowest BCUT2D eigenvalue weighted by Crippen LogP contribution is -2.47. The molecular weight excluding hydrogens is 274 g/mol. The number of esters is 1. The fourth-order valence-electron chi connectivity index (χ4n) is 2.03. The van der Waals surface area contributed by atoms with Crippen LogP contribution in [0.5, 0.6) is 0 Å². The van der Waals surface area contributed by atoms with Crippen LogP contribution in [0.2, 0.25) is 0 Å². The second-order valence-corrected chi connectivity index (χ2v) is 7.37. The molecule has 1 aliphatic rings. The minimum absolute atomic E-state index is 0.257. The highest BCUT2D eigenvalue weighted by molar-refractivity contribution is 6.00. The number of carbonyl (C=O) groups is 3. The van der Waals surface area contributed by atoms with E-state index in [1.54, 1.807) is 48.5 Å². The van der Waals surface area contributed by atoms with Crippen LogP contribution >= 0.6 is 0 Å². The summed E-state index contributed by atoms with van der Waals surface area (Å²) in [7, 11) is 0. The summed E-state index contributed by atoms with van der Waals surface area (Å²) in [5.74, 6) is -1.39. The Bertz CT molecular complexity index is 444. The summed E-state index contributed by atoms with van der Waals surface area (Å²) in [5.41, 5.74) is -1.41. The molecule has 1 heterocycles. The molecule has 0 aromatic carbocycles. The average Bonchev–Trinajstić information content (AvgIpc) is 2.50. The number of rotatable bonds is 1. The van der Waals surface area contributed by atoms with Gasteiger partial charge in [0, 0.05) is 5.92 Å². The molecule has 0 aliphatic carbocycles. The van der Waals surface area contributed by atoms with Crippen LogP contribution in [0.25, 0.3) is 0 Å². The summed E-state index contributed by atoms with van der Waals surface area (Å²) in [6.07, 6.45) is -0.541. The Labute approximate surface area is 125 Å². The highest BCUT2D eigenvalue weighted by atomic mass is 16.6. The van der Waals surface area contributed by atoms with Gasteiger partial charge in [-0.15, -0.1) is 0 Å². The Hall–Kier alpha value is -1.59. The van der Waals surface area contributed by atoms with Gasteiger partial charge in [-0.3, -0.25) is 4.79 Å². The molecule has 2 amide bonds. The molecule has 0 radical (unpaired) electrons. The Morgan fingerprint density at radius 1 is 1.05 bits per heavy atom. The highest BCUT2D eigenvalue weighted by Gasteiger charge is 2.47. The summed E-state index contributed by atoms with van der Waals surface area (Å²) in [4.78, 5) is 37.4. The van der Waals surface area contributed by atoms with Crippen molar-refractivity contribution in [1.82, 2.24) is 4.90 Å². The molecule has 1 saturated heterocycles. The van der Waals surface area contributed by atoms with Crippen LogP contribution in [0.1, 0.15) is 54.9 Å². The number of amides is 2. The van der Waals surface area contributed by atoms with E-state index < -0.39 is 41.1 Å². The van der Waals surface area contributed by atoms with Gasteiger partial charge in [0.1, 0.15) is 17.2 Å². The molecule has 1 rings (SSSR count). The van der Waals surface area contributed by atoms with Crippen molar-refractivity contribution < 1.29 is 23.9 Å². The fourth-order valence-corrected chi connectivity index (χ4v) is 2.03. The van der Waals surface area contributed by atoms with E-state index in [9.17, 15) is 14.4 Å². The molecule has 1 aliphatic heterocycles. The molecule has 0 aromatic heterocycles. The van der Waals surface area contributed by atoms with Gasteiger partial charge in [-0.2, -0.15) is 0 Å². The largest absolute Gasteiger partial charge is 0.458 e. The number of imide groups is 1. The Morgan fingerprint density at radius 2 is 1.52 bits per heavy atom. The van der Waals surface area contributed by atoms with Crippen LogP contribution in [0, 0.1) is 5.92 Å². The molecule has 0 spiro atoms. The fraction of sp³-hybridized carbons (Fsp3) is 0.800. The molecule has 6 heteroatoms. The predicted molar refractivity (Wildman–Crippen MR) is 76.5 cm³/mol. The van der Waals surface area contributed by atoms with Crippen molar-refractivity contribution in [3.8, 4) is 0 Å². The smallest absolute Gasteiger partial charge is 0.417 e. The van der Waals surface area contributed by atoms with Crippen LogP contribution in [-0.2, 0) is 19.1 Å². The van der Waals surface area contributed by atoms with E-state index in [-0.39, 0.29) is 6.42 Å². The summed E-state index contributed by atoms with van der Waals surface area (Å²) in [5, 5.41) is 0. The maximum absolute atomic E-state index is 12.2. The molecule has 21 heavy (non-hydrogen) atoms. The number of hydrogen-bond acceptors (Lipinski definition) is 5. The molecule has 2 atom stereocenters. The minimum Gasteiger partial charge on any atom is -0.458 e. The molecule has 0 saturated carbocycles. The van der Waals surface area contributed by atoms with E-state index in [1.165, 1.54) is 0 Å². The molecule has 0 N–H and O–H groups in total. The van der Waals surface area contributed by atoms with Gasteiger partial charge in [-0.1, -0.05) is 6.92 Å². The van der Waals surface area contributed by atoms with Crippen molar-refractivity contribution in [2.45, 2.75) is 72.1 Å². The lowest BCUT2D eigenvalue weighted by molar-refractivity contribution is -0.161. The Kier molecular flexibility index (Phi) is 4.70. The van der Waals surface area contributed by atoms with Crippen molar-refractivity contribution in [3.05, 3.63) is 0 Å². The number of ether oxygens (including phenoxy) is 2. The second-order valence-electron chi connectivity index (χ2n) is 7.37. The van der Waals surface area contributed by atoms with Crippen molar-refractivity contribution in [2.75, 3.05) is 0 Å². The van der Waals surface area contributed by atoms with Crippen LogP contribution in [-0.4, -0.2) is 40.1 Å².